The van der Waals surface area contributed by atoms with E-state index in [2.05, 4.69) is 0 Å². The molecule has 0 radical (unpaired) electrons. The van der Waals surface area contributed by atoms with Crippen LogP contribution in [0.25, 0.3) is 0 Å². The first-order chi connectivity index (χ1) is 8.20. The molecular formula is C8H8ClF2NO4S2. The molecule has 1 aromatic carbocycles. The van der Waals surface area contributed by atoms with Gasteiger partial charge in [0.05, 0.1) is 10.6 Å². The Balaban J connectivity index is 3.33. The predicted octanol–water partition coefficient (Wildman–Crippen LogP) is 1.62. The van der Waals surface area contributed by atoms with Gasteiger partial charge in [-0.1, -0.05) is 12.1 Å². The van der Waals surface area contributed by atoms with Crippen LogP contribution in [0.15, 0.2) is 29.2 Å². The molecule has 0 aliphatic rings. The van der Waals surface area contributed by atoms with Gasteiger partial charge in [0, 0.05) is 0 Å². The summed E-state index contributed by atoms with van der Waals surface area (Å²) in [5.41, 5.74) is -0.460. The van der Waals surface area contributed by atoms with Crippen molar-refractivity contribution in [3.63, 3.8) is 0 Å². The minimum Gasteiger partial charge on any atom is -0.281 e. The molecule has 0 saturated carbocycles. The lowest BCUT2D eigenvalue weighted by Gasteiger charge is -2.11. The molecule has 102 valence electrons. The maximum absolute atomic E-state index is 12.4. The molecule has 0 atom stereocenters. The third-order valence-electron chi connectivity index (χ3n) is 1.84. The fourth-order valence-corrected chi connectivity index (χ4v) is 2.77. The van der Waals surface area contributed by atoms with Gasteiger partial charge in [0.15, 0.2) is 0 Å². The van der Waals surface area contributed by atoms with Crippen LogP contribution in [0.2, 0.25) is 0 Å². The standard InChI is InChI=1S/C8H8ClF2NO4S2/c9-5-17(13,14)12-6-3-1-2-4-7(6)18(15,16)8(10)11/h1-4,8,12H,5H2. The highest BCUT2D eigenvalue weighted by Gasteiger charge is 2.29. The first-order valence-electron chi connectivity index (χ1n) is 4.38. The zero-order valence-electron chi connectivity index (χ0n) is 8.68. The van der Waals surface area contributed by atoms with Gasteiger partial charge >= 0.3 is 5.76 Å². The largest absolute Gasteiger partial charge is 0.341 e. The van der Waals surface area contributed by atoms with Crippen LogP contribution >= 0.6 is 11.6 Å². The van der Waals surface area contributed by atoms with Crippen molar-refractivity contribution in [1.29, 1.82) is 0 Å². The molecule has 10 heteroatoms. The van der Waals surface area contributed by atoms with Crippen molar-refractivity contribution < 1.29 is 25.6 Å². The highest BCUT2D eigenvalue weighted by molar-refractivity contribution is 7.94. The normalized spacial score (nSPS) is 12.7. The van der Waals surface area contributed by atoms with E-state index < -0.39 is 41.4 Å². The predicted molar refractivity (Wildman–Crippen MR) is 62.9 cm³/mol. The summed E-state index contributed by atoms with van der Waals surface area (Å²) in [6, 6.07) is 4.44. The maximum Gasteiger partial charge on any atom is 0.341 e. The fraction of sp³-hybridized carbons (Fsp3) is 0.250. The van der Waals surface area contributed by atoms with Crippen LogP contribution in [0.4, 0.5) is 14.5 Å². The average Bonchev–Trinajstić information content (AvgIpc) is 2.29. The summed E-state index contributed by atoms with van der Waals surface area (Å²) < 4.78 is 71.6. The Hall–Kier alpha value is -0.930. The summed E-state index contributed by atoms with van der Waals surface area (Å²) in [7, 11) is -8.87. The van der Waals surface area contributed by atoms with E-state index in [1.807, 2.05) is 4.72 Å². The number of rotatable bonds is 5. The molecule has 0 aliphatic carbocycles. The molecule has 5 nitrogen and oxygen atoms in total. The Labute approximate surface area is 108 Å². The van der Waals surface area contributed by atoms with Crippen LogP contribution in [0.1, 0.15) is 0 Å². The number of sulfonamides is 1. The number of benzene rings is 1. The number of para-hydroxylation sites is 1. The molecule has 1 aromatic rings. The lowest BCUT2D eigenvalue weighted by Crippen LogP contribution is -2.18. The van der Waals surface area contributed by atoms with Gasteiger partial charge in [0.1, 0.15) is 5.21 Å². The second-order valence-corrected chi connectivity index (χ2v) is 7.32. The Morgan fingerprint density at radius 1 is 1.17 bits per heavy atom. The molecule has 0 fully saturated rings. The second kappa shape index (κ2) is 5.37. The molecule has 0 saturated heterocycles. The van der Waals surface area contributed by atoms with Crippen molar-refractivity contribution in [3.8, 4) is 0 Å². The first-order valence-corrected chi connectivity index (χ1v) is 8.11. The van der Waals surface area contributed by atoms with E-state index in [-0.39, 0.29) is 0 Å². The summed E-state index contributed by atoms with van der Waals surface area (Å²) in [5.74, 6) is -3.64. The van der Waals surface area contributed by atoms with Crippen LogP contribution < -0.4 is 4.72 Å². The van der Waals surface area contributed by atoms with Crippen molar-refractivity contribution in [1.82, 2.24) is 0 Å². The zero-order chi connectivity index (χ0) is 14.0. The van der Waals surface area contributed by atoms with E-state index in [0.717, 1.165) is 12.1 Å². The Kier molecular flexibility index (Phi) is 4.51. The van der Waals surface area contributed by atoms with Crippen molar-refractivity contribution in [2.24, 2.45) is 0 Å². The van der Waals surface area contributed by atoms with Crippen molar-refractivity contribution in [2.45, 2.75) is 10.7 Å². The SMILES string of the molecule is O=S(=O)(CCl)Nc1ccccc1S(=O)(=O)C(F)F. The van der Waals surface area contributed by atoms with Gasteiger partial charge in [0.25, 0.3) is 0 Å². The smallest absolute Gasteiger partial charge is 0.281 e. The highest BCUT2D eigenvalue weighted by Crippen LogP contribution is 2.26. The van der Waals surface area contributed by atoms with Gasteiger partial charge in [-0.15, -0.1) is 11.6 Å². The van der Waals surface area contributed by atoms with Gasteiger partial charge in [-0.25, -0.2) is 16.8 Å². The van der Waals surface area contributed by atoms with Crippen LogP contribution in [0, 0.1) is 0 Å². The van der Waals surface area contributed by atoms with Crippen LogP contribution in [0.5, 0.6) is 0 Å². The minimum atomic E-state index is -4.89. The minimum absolute atomic E-state index is 0.460. The molecule has 0 aliphatic heterocycles. The number of halogens is 3. The molecule has 0 heterocycles. The third-order valence-corrected chi connectivity index (χ3v) is 4.96. The second-order valence-electron chi connectivity index (χ2n) is 3.13. The zero-order valence-corrected chi connectivity index (χ0v) is 11.1. The Bertz CT molecular complexity index is 630. The number of hydrogen-bond donors (Lipinski definition) is 1. The summed E-state index contributed by atoms with van der Waals surface area (Å²) in [6.07, 6.45) is 0. The van der Waals surface area contributed by atoms with Gasteiger partial charge in [-0.3, -0.25) is 4.72 Å². The topological polar surface area (TPSA) is 80.3 Å². The molecule has 1 rings (SSSR count). The number of hydrogen-bond acceptors (Lipinski definition) is 4. The van der Waals surface area contributed by atoms with Crippen LogP contribution in [-0.4, -0.2) is 27.8 Å². The highest BCUT2D eigenvalue weighted by atomic mass is 35.5. The molecule has 0 spiro atoms. The summed E-state index contributed by atoms with van der Waals surface area (Å²) in [5, 5.41) is -0.823. The van der Waals surface area contributed by atoms with Gasteiger partial charge in [0.2, 0.25) is 19.9 Å². The van der Waals surface area contributed by atoms with E-state index in [0.29, 0.717) is 0 Å². The van der Waals surface area contributed by atoms with Crippen molar-refractivity contribution in [3.05, 3.63) is 24.3 Å². The number of nitrogens with one attached hydrogen (secondary N) is 1. The molecule has 0 unspecified atom stereocenters. The van der Waals surface area contributed by atoms with Gasteiger partial charge in [-0.2, -0.15) is 8.78 Å². The number of sulfone groups is 1. The summed E-state index contributed by atoms with van der Waals surface area (Å²) in [6.45, 7) is 0. The average molecular weight is 320 g/mol. The number of alkyl halides is 3. The number of anilines is 1. The van der Waals surface area contributed by atoms with Gasteiger partial charge in [-0.05, 0) is 12.1 Å². The maximum atomic E-state index is 12.4. The van der Waals surface area contributed by atoms with Gasteiger partial charge < -0.3 is 0 Å². The quantitative estimate of drug-likeness (QED) is 0.836. The third kappa shape index (κ3) is 3.30. The molecule has 1 N–H and O–H groups in total. The lowest BCUT2D eigenvalue weighted by atomic mass is 10.3. The van der Waals surface area contributed by atoms with Crippen molar-refractivity contribution in [2.75, 3.05) is 9.93 Å². The monoisotopic (exact) mass is 319 g/mol. The Morgan fingerprint density at radius 2 is 1.72 bits per heavy atom. The summed E-state index contributed by atoms with van der Waals surface area (Å²) >= 11 is 5.12. The van der Waals surface area contributed by atoms with Crippen LogP contribution in [0.3, 0.4) is 0 Å². The lowest BCUT2D eigenvalue weighted by molar-refractivity contribution is 0.235. The van der Waals surface area contributed by atoms with Crippen LogP contribution in [-0.2, 0) is 19.9 Å². The molecule has 0 amide bonds. The van der Waals surface area contributed by atoms with Crippen molar-refractivity contribution >= 4 is 37.1 Å². The molecule has 0 bridgehead atoms. The molecule has 0 aromatic heterocycles. The first kappa shape index (κ1) is 15.1. The fourth-order valence-electron chi connectivity index (χ4n) is 1.09. The van der Waals surface area contributed by atoms with E-state index in [4.69, 9.17) is 11.6 Å². The van der Waals surface area contributed by atoms with E-state index in [1.54, 1.807) is 0 Å². The molecule has 18 heavy (non-hydrogen) atoms. The summed E-state index contributed by atoms with van der Waals surface area (Å²) in [4.78, 5) is -0.798. The van der Waals surface area contributed by atoms with E-state index >= 15 is 0 Å². The van der Waals surface area contributed by atoms with E-state index in [9.17, 15) is 25.6 Å². The Morgan fingerprint density at radius 3 is 2.22 bits per heavy atom. The van der Waals surface area contributed by atoms with E-state index in [1.165, 1.54) is 12.1 Å². The molecular weight excluding hydrogens is 312 g/mol.